The van der Waals surface area contributed by atoms with Crippen LogP contribution in [-0.4, -0.2) is 26.3 Å². The highest BCUT2D eigenvalue weighted by Gasteiger charge is 2.41. The summed E-state index contributed by atoms with van der Waals surface area (Å²) in [5.41, 5.74) is -0.622. The number of carboxylic acid groups (broad SMARTS) is 1. The van der Waals surface area contributed by atoms with Crippen LogP contribution in [0.15, 0.2) is 22.2 Å². The van der Waals surface area contributed by atoms with Crippen molar-refractivity contribution < 1.29 is 18.7 Å². The van der Waals surface area contributed by atoms with Gasteiger partial charge in [-0.2, -0.15) is 8.78 Å². The minimum absolute atomic E-state index is 0.331. The van der Waals surface area contributed by atoms with Gasteiger partial charge in [-0.3, -0.25) is 4.79 Å². The van der Waals surface area contributed by atoms with Crippen LogP contribution in [0.2, 0.25) is 0 Å². The number of carboxylic acids is 1. The van der Waals surface area contributed by atoms with Gasteiger partial charge in [-0.05, 0) is 11.8 Å². The van der Waals surface area contributed by atoms with Gasteiger partial charge in [0.2, 0.25) is 0 Å². The van der Waals surface area contributed by atoms with E-state index >= 15 is 0 Å². The molecule has 0 bridgehead atoms. The molecule has 0 saturated carbocycles. The minimum Gasteiger partial charge on any atom is -0.476 e. The van der Waals surface area contributed by atoms with Crippen LogP contribution in [-0.2, 0) is 4.79 Å². The van der Waals surface area contributed by atoms with Crippen molar-refractivity contribution >= 4 is 17.7 Å². The molecule has 0 saturated heterocycles. The summed E-state index contributed by atoms with van der Waals surface area (Å²) in [5.74, 6) is -2.28. The summed E-state index contributed by atoms with van der Waals surface area (Å²) in [4.78, 5) is 26.0. The Morgan fingerprint density at radius 3 is 2.79 bits per heavy atom. The van der Waals surface area contributed by atoms with Crippen molar-refractivity contribution in [3.63, 3.8) is 0 Å². The maximum atomic E-state index is 12.6. The molecule has 0 aliphatic rings. The van der Waals surface area contributed by atoms with Crippen LogP contribution in [0.1, 0.15) is 0 Å². The number of nitrogens with zero attached hydrogens (tertiary/aromatic N) is 1. The highest BCUT2D eigenvalue weighted by Crippen LogP contribution is 2.32. The lowest BCUT2D eigenvalue weighted by Gasteiger charge is -2.08. The SMILES string of the molecule is O=C(O)C(F)(F)Sc1nccc(=O)[nH]1. The first-order chi connectivity index (χ1) is 6.42. The summed E-state index contributed by atoms with van der Waals surface area (Å²) < 4.78 is 25.1. The van der Waals surface area contributed by atoms with Gasteiger partial charge < -0.3 is 10.1 Å². The first-order valence-corrected chi connectivity index (χ1v) is 4.09. The van der Waals surface area contributed by atoms with E-state index in [1.54, 1.807) is 0 Å². The van der Waals surface area contributed by atoms with Crippen molar-refractivity contribution in [1.29, 1.82) is 0 Å². The number of aromatic amines is 1. The van der Waals surface area contributed by atoms with Crippen LogP contribution in [0.3, 0.4) is 0 Å². The van der Waals surface area contributed by atoms with Crippen LogP contribution in [0.25, 0.3) is 0 Å². The number of hydrogen-bond acceptors (Lipinski definition) is 4. The quantitative estimate of drug-likeness (QED) is 0.576. The van der Waals surface area contributed by atoms with Crippen LogP contribution in [0, 0.1) is 0 Å². The van der Waals surface area contributed by atoms with E-state index in [4.69, 9.17) is 5.11 Å². The lowest BCUT2D eigenvalue weighted by atomic mass is 10.7. The summed E-state index contributed by atoms with van der Waals surface area (Å²) in [6.07, 6.45) is 1.01. The number of H-pyrrole nitrogens is 1. The van der Waals surface area contributed by atoms with Crippen LogP contribution < -0.4 is 5.56 Å². The average molecular weight is 222 g/mol. The molecule has 5 nitrogen and oxygen atoms in total. The molecule has 1 heterocycles. The monoisotopic (exact) mass is 222 g/mol. The Morgan fingerprint density at radius 1 is 1.64 bits per heavy atom. The van der Waals surface area contributed by atoms with Gasteiger partial charge in [0.1, 0.15) is 0 Å². The topological polar surface area (TPSA) is 83.0 Å². The average Bonchev–Trinajstić information content (AvgIpc) is 2.02. The van der Waals surface area contributed by atoms with E-state index in [9.17, 15) is 18.4 Å². The second-order valence-corrected chi connectivity index (χ2v) is 3.27. The number of hydrogen-bond donors (Lipinski definition) is 2. The largest absolute Gasteiger partial charge is 0.476 e. The number of carbonyl (C=O) groups is 1. The molecule has 8 heteroatoms. The fourth-order valence-corrected chi connectivity index (χ4v) is 1.16. The number of nitrogens with one attached hydrogen (secondary N) is 1. The molecule has 0 aliphatic heterocycles. The normalized spacial score (nSPS) is 11.3. The Bertz CT molecular complexity index is 406. The van der Waals surface area contributed by atoms with Crippen molar-refractivity contribution in [1.82, 2.24) is 9.97 Å². The van der Waals surface area contributed by atoms with Crippen molar-refractivity contribution in [3.05, 3.63) is 22.6 Å². The number of rotatable bonds is 3. The molecule has 0 amide bonds. The molecule has 1 aromatic rings. The Labute approximate surface area is 80.2 Å². The van der Waals surface area contributed by atoms with Gasteiger partial charge in [0.05, 0.1) is 0 Å². The van der Waals surface area contributed by atoms with Crippen LogP contribution in [0.5, 0.6) is 0 Å². The molecule has 0 fully saturated rings. The molecule has 14 heavy (non-hydrogen) atoms. The fourth-order valence-electron chi connectivity index (χ4n) is 0.569. The molecule has 1 aromatic heterocycles. The lowest BCUT2D eigenvalue weighted by molar-refractivity contribution is -0.152. The van der Waals surface area contributed by atoms with Crippen molar-refractivity contribution in [2.24, 2.45) is 0 Å². The van der Waals surface area contributed by atoms with Crippen LogP contribution in [0.4, 0.5) is 8.78 Å². The predicted molar refractivity (Wildman–Crippen MR) is 43.3 cm³/mol. The van der Waals surface area contributed by atoms with Gasteiger partial charge in [0.25, 0.3) is 5.56 Å². The smallest absolute Gasteiger partial charge is 0.395 e. The second kappa shape index (κ2) is 3.74. The summed E-state index contributed by atoms with van der Waals surface area (Å²) >= 11 is -0.331. The molecular formula is C6H4F2N2O3S. The highest BCUT2D eigenvalue weighted by molar-refractivity contribution is 8.00. The van der Waals surface area contributed by atoms with E-state index < -0.39 is 21.9 Å². The minimum atomic E-state index is -4.00. The second-order valence-electron chi connectivity index (χ2n) is 2.16. The number of halogens is 2. The molecule has 1 rings (SSSR count). The highest BCUT2D eigenvalue weighted by atomic mass is 32.2. The molecule has 76 valence electrons. The van der Waals surface area contributed by atoms with Crippen molar-refractivity contribution in [2.45, 2.75) is 10.4 Å². The molecule has 2 N–H and O–H groups in total. The van der Waals surface area contributed by atoms with Crippen molar-refractivity contribution in [3.8, 4) is 0 Å². The molecule has 0 atom stereocenters. The zero-order valence-electron chi connectivity index (χ0n) is 6.53. The maximum Gasteiger partial charge on any atom is 0.395 e. The summed E-state index contributed by atoms with van der Waals surface area (Å²) in [6.45, 7) is 0. The molecular weight excluding hydrogens is 218 g/mol. The van der Waals surface area contributed by atoms with Gasteiger partial charge in [-0.15, -0.1) is 0 Å². The third kappa shape index (κ3) is 2.52. The fraction of sp³-hybridized carbons (Fsp3) is 0.167. The van der Waals surface area contributed by atoms with E-state index in [0.29, 0.717) is 0 Å². The predicted octanol–water partition coefficient (Wildman–Crippen LogP) is 0.539. The third-order valence-corrected chi connectivity index (χ3v) is 1.95. The maximum absolute atomic E-state index is 12.6. The number of aliphatic carboxylic acids is 1. The Kier molecular flexibility index (Phi) is 2.84. The number of alkyl halides is 2. The molecule has 0 spiro atoms. The molecule has 0 unspecified atom stereocenters. The Morgan fingerprint density at radius 2 is 2.29 bits per heavy atom. The van der Waals surface area contributed by atoms with Gasteiger partial charge >= 0.3 is 11.2 Å². The standard InChI is InChI=1S/C6H4F2N2O3S/c7-6(8,4(12)13)14-5-9-2-1-3(11)10-5/h1-2H,(H,12,13)(H,9,10,11). The first kappa shape index (κ1) is 10.6. The van der Waals surface area contributed by atoms with E-state index in [1.807, 2.05) is 4.98 Å². The van der Waals surface area contributed by atoms with E-state index in [1.165, 1.54) is 0 Å². The van der Waals surface area contributed by atoms with Crippen molar-refractivity contribution in [2.75, 3.05) is 0 Å². The van der Waals surface area contributed by atoms with Gasteiger partial charge in [-0.25, -0.2) is 9.78 Å². The van der Waals surface area contributed by atoms with E-state index in [2.05, 4.69) is 4.98 Å². The number of aromatic nitrogens is 2. The lowest BCUT2D eigenvalue weighted by Crippen LogP contribution is -2.24. The van der Waals surface area contributed by atoms with Gasteiger partial charge in [0, 0.05) is 12.3 Å². The molecule has 0 aliphatic carbocycles. The summed E-state index contributed by atoms with van der Waals surface area (Å²) in [5, 5.41) is 3.64. The van der Waals surface area contributed by atoms with E-state index in [-0.39, 0.29) is 11.8 Å². The van der Waals surface area contributed by atoms with Gasteiger partial charge in [0.15, 0.2) is 5.16 Å². The Hall–Kier alpha value is -1.44. The summed E-state index contributed by atoms with van der Waals surface area (Å²) in [7, 11) is 0. The van der Waals surface area contributed by atoms with Crippen LogP contribution >= 0.6 is 11.8 Å². The molecule has 0 aromatic carbocycles. The Balaban J connectivity index is 2.89. The molecule has 0 radical (unpaired) electrons. The summed E-state index contributed by atoms with van der Waals surface area (Å²) in [6, 6.07) is 1.03. The van der Waals surface area contributed by atoms with E-state index in [0.717, 1.165) is 12.3 Å². The zero-order valence-corrected chi connectivity index (χ0v) is 7.35. The third-order valence-electron chi connectivity index (χ3n) is 1.12. The van der Waals surface area contributed by atoms with Gasteiger partial charge in [-0.1, -0.05) is 0 Å². The zero-order chi connectivity index (χ0) is 10.8. The number of thioether (sulfide) groups is 1. The first-order valence-electron chi connectivity index (χ1n) is 3.27.